The van der Waals surface area contributed by atoms with Gasteiger partial charge in [-0.1, -0.05) is 0 Å². The van der Waals surface area contributed by atoms with E-state index in [4.69, 9.17) is 0 Å². The predicted molar refractivity (Wildman–Crippen MR) is 87.6 cm³/mol. The highest BCUT2D eigenvalue weighted by Gasteiger charge is 2.33. The molecule has 0 aromatic carbocycles. The molecule has 0 bridgehead atoms. The highest BCUT2D eigenvalue weighted by Crippen LogP contribution is 2.29. The first-order valence-corrected chi connectivity index (χ1v) is 8.19. The monoisotopic (exact) mass is 346 g/mol. The molecular weight excluding hydrogens is 327 g/mol. The summed E-state index contributed by atoms with van der Waals surface area (Å²) in [7, 11) is 0. The number of ketones is 2. The lowest BCUT2D eigenvalue weighted by molar-refractivity contribution is -0.125. The molecule has 1 fully saturated rings. The molecule has 2 N–H and O–H groups in total. The standard InChI is InChI=1S/C17H19FN4O3/c1-9(23)4-11(12-7-20-16-13(12)6-19-8-21-16)15(24)3-2-10-5-14(18)17(25)22-10/h6-8,10-11,14H,2-5H2,1H3,(H,22,25)(H,19,20,21). The highest BCUT2D eigenvalue weighted by atomic mass is 19.1. The summed E-state index contributed by atoms with van der Waals surface area (Å²) in [4.78, 5) is 46.6. The third-order valence-electron chi connectivity index (χ3n) is 4.50. The normalized spacial score (nSPS) is 21.3. The number of carbonyl (C=O) groups excluding carboxylic acids is 3. The number of Topliss-reactive ketones (excluding diaryl/α,β-unsaturated/α-hetero) is 2. The summed E-state index contributed by atoms with van der Waals surface area (Å²) in [6, 6.07) is -0.337. The van der Waals surface area contributed by atoms with Crippen LogP contribution >= 0.6 is 0 Å². The van der Waals surface area contributed by atoms with Gasteiger partial charge in [-0.3, -0.25) is 14.4 Å². The van der Waals surface area contributed by atoms with E-state index in [9.17, 15) is 18.8 Å². The van der Waals surface area contributed by atoms with E-state index in [0.29, 0.717) is 23.0 Å². The number of amides is 1. The number of aromatic nitrogens is 3. The fourth-order valence-corrected chi connectivity index (χ4v) is 3.24. The van der Waals surface area contributed by atoms with Gasteiger partial charge in [-0.2, -0.15) is 0 Å². The van der Waals surface area contributed by atoms with Gasteiger partial charge in [-0.05, 0) is 18.9 Å². The summed E-state index contributed by atoms with van der Waals surface area (Å²) in [6.07, 6.45) is 3.89. The smallest absolute Gasteiger partial charge is 0.254 e. The molecule has 1 aliphatic rings. The summed E-state index contributed by atoms with van der Waals surface area (Å²) >= 11 is 0. The molecule has 3 rings (SSSR count). The minimum atomic E-state index is -1.50. The molecule has 0 aliphatic carbocycles. The van der Waals surface area contributed by atoms with Crippen LogP contribution in [0.4, 0.5) is 4.39 Å². The van der Waals surface area contributed by atoms with Crippen molar-refractivity contribution >= 4 is 28.5 Å². The second kappa shape index (κ2) is 7.08. The summed E-state index contributed by atoms with van der Waals surface area (Å²) in [5.74, 6) is -1.43. The van der Waals surface area contributed by atoms with Crippen molar-refractivity contribution in [3.05, 3.63) is 24.3 Å². The summed E-state index contributed by atoms with van der Waals surface area (Å²) in [5, 5.41) is 3.25. The average Bonchev–Trinajstić information content (AvgIpc) is 3.14. The predicted octanol–water partition coefficient (Wildman–Crippen LogP) is 1.60. The number of hydrogen-bond donors (Lipinski definition) is 2. The lowest BCUT2D eigenvalue weighted by Gasteiger charge is -2.15. The Morgan fingerprint density at radius 1 is 1.44 bits per heavy atom. The molecule has 0 radical (unpaired) electrons. The number of rotatable bonds is 7. The fourth-order valence-electron chi connectivity index (χ4n) is 3.24. The van der Waals surface area contributed by atoms with Gasteiger partial charge in [0.1, 0.15) is 23.5 Å². The summed E-state index contributed by atoms with van der Waals surface area (Å²) in [5.41, 5.74) is 1.30. The van der Waals surface area contributed by atoms with Crippen molar-refractivity contribution in [1.29, 1.82) is 0 Å². The van der Waals surface area contributed by atoms with E-state index in [1.54, 1.807) is 12.4 Å². The van der Waals surface area contributed by atoms with Gasteiger partial charge in [0.25, 0.3) is 5.91 Å². The van der Waals surface area contributed by atoms with Crippen LogP contribution in [0.15, 0.2) is 18.7 Å². The first kappa shape index (κ1) is 17.2. The van der Waals surface area contributed by atoms with E-state index in [-0.39, 0.29) is 36.9 Å². The summed E-state index contributed by atoms with van der Waals surface area (Å²) < 4.78 is 13.3. The Kier molecular flexibility index (Phi) is 4.87. The first-order valence-electron chi connectivity index (χ1n) is 8.19. The Morgan fingerprint density at radius 3 is 2.92 bits per heavy atom. The topological polar surface area (TPSA) is 105 Å². The Morgan fingerprint density at radius 2 is 2.24 bits per heavy atom. The van der Waals surface area contributed by atoms with E-state index in [1.807, 2.05) is 0 Å². The van der Waals surface area contributed by atoms with Crippen LogP contribution < -0.4 is 5.32 Å². The molecule has 8 heteroatoms. The van der Waals surface area contributed by atoms with E-state index in [1.165, 1.54) is 13.3 Å². The molecule has 1 aliphatic heterocycles. The molecule has 2 aromatic heterocycles. The van der Waals surface area contributed by atoms with E-state index in [2.05, 4.69) is 20.3 Å². The molecule has 1 amide bonds. The number of halogens is 1. The van der Waals surface area contributed by atoms with Gasteiger partial charge in [0.15, 0.2) is 6.17 Å². The molecule has 0 spiro atoms. The molecule has 2 aromatic rings. The quantitative estimate of drug-likeness (QED) is 0.792. The summed E-state index contributed by atoms with van der Waals surface area (Å²) in [6.45, 7) is 1.44. The lowest BCUT2D eigenvalue weighted by atomic mass is 9.87. The largest absolute Gasteiger partial charge is 0.351 e. The van der Waals surface area contributed by atoms with E-state index >= 15 is 0 Å². The van der Waals surface area contributed by atoms with Gasteiger partial charge in [0, 0.05) is 43.1 Å². The number of hydrogen-bond acceptors (Lipinski definition) is 5. The number of nitrogens with zero attached hydrogens (tertiary/aromatic N) is 2. The van der Waals surface area contributed by atoms with Gasteiger partial charge in [0.2, 0.25) is 0 Å². The molecule has 7 nitrogen and oxygen atoms in total. The van der Waals surface area contributed by atoms with Crippen LogP contribution in [0.3, 0.4) is 0 Å². The molecule has 25 heavy (non-hydrogen) atoms. The van der Waals surface area contributed by atoms with Gasteiger partial charge >= 0.3 is 0 Å². The lowest BCUT2D eigenvalue weighted by Crippen LogP contribution is -2.27. The SMILES string of the molecule is CC(=O)CC(C(=O)CCC1CC(F)C(=O)N1)c1c[nH]c2ncncc12. The van der Waals surface area contributed by atoms with Crippen molar-refractivity contribution in [3.63, 3.8) is 0 Å². The molecule has 0 saturated carbocycles. The van der Waals surface area contributed by atoms with Crippen LogP contribution in [0.2, 0.25) is 0 Å². The minimum absolute atomic E-state index is 0.0867. The van der Waals surface area contributed by atoms with E-state index < -0.39 is 18.0 Å². The molecule has 1 saturated heterocycles. The number of nitrogens with one attached hydrogen (secondary N) is 2. The molecule has 132 valence electrons. The number of alkyl halides is 1. The van der Waals surface area contributed by atoms with Crippen LogP contribution in [0.5, 0.6) is 0 Å². The molecule has 3 heterocycles. The zero-order valence-corrected chi connectivity index (χ0v) is 13.8. The van der Waals surface area contributed by atoms with Crippen LogP contribution in [-0.4, -0.2) is 44.6 Å². The molecule has 3 unspecified atom stereocenters. The number of fused-ring (bicyclic) bond motifs is 1. The number of carbonyl (C=O) groups is 3. The fraction of sp³-hybridized carbons (Fsp3) is 0.471. The third kappa shape index (κ3) is 3.72. The second-order valence-electron chi connectivity index (χ2n) is 6.40. The maximum absolute atomic E-state index is 13.3. The maximum Gasteiger partial charge on any atom is 0.254 e. The van der Waals surface area contributed by atoms with Crippen LogP contribution in [0, 0.1) is 0 Å². The molecule has 3 atom stereocenters. The van der Waals surface area contributed by atoms with Crippen molar-refractivity contribution in [3.8, 4) is 0 Å². The van der Waals surface area contributed by atoms with Crippen LogP contribution in [0.1, 0.15) is 44.1 Å². The van der Waals surface area contributed by atoms with Gasteiger partial charge in [-0.15, -0.1) is 0 Å². The van der Waals surface area contributed by atoms with E-state index in [0.717, 1.165) is 0 Å². The van der Waals surface area contributed by atoms with Gasteiger partial charge in [-0.25, -0.2) is 14.4 Å². The maximum atomic E-state index is 13.3. The van der Waals surface area contributed by atoms with Crippen molar-refractivity contribution in [2.75, 3.05) is 0 Å². The third-order valence-corrected chi connectivity index (χ3v) is 4.50. The van der Waals surface area contributed by atoms with Crippen LogP contribution in [0.25, 0.3) is 11.0 Å². The Balaban J connectivity index is 1.75. The van der Waals surface area contributed by atoms with Crippen molar-refractivity contribution in [1.82, 2.24) is 20.3 Å². The van der Waals surface area contributed by atoms with Crippen molar-refractivity contribution in [2.24, 2.45) is 0 Å². The van der Waals surface area contributed by atoms with Gasteiger partial charge in [0.05, 0.1) is 5.92 Å². The minimum Gasteiger partial charge on any atom is -0.351 e. The Labute approximate surface area is 143 Å². The number of H-pyrrole nitrogens is 1. The van der Waals surface area contributed by atoms with Gasteiger partial charge < -0.3 is 10.3 Å². The highest BCUT2D eigenvalue weighted by molar-refractivity contribution is 5.95. The zero-order chi connectivity index (χ0) is 18.0. The van der Waals surface area contributed by atoms with Crippen molar-refractivity contribution in [2.45, 2.75) is 50.7 Å². The van der Waals surface area contributed by atoms with Crippen LogP contribution in [-0.2, 0) is 14.4 Å². The molecular formula is C17H19FN4O3. The first-order chi connectivity index (χ1) is 12.0. The average molecular weight is 346 g/mol. The Bertz CT molecular complexity index is 819. The second-order valence-corrected chi connectivity index (χ2v) is 6.40. The van der Waals surface area contributed by atoms with Crippen molar-refractivity contribution < 1.29 is 18.8 Å². The zero-order valence-electron chi connectivity index (χ0n) is 13.8. The Hall–Kier alpha value is -2.64. The number of aromatic amines is 1.